The van der Waals surface area contributed by atoms with E-state index in [2.05, 4.69) is 34.5 Å². The molecular weight excluding hydrogens is 593 g/mol. The average Bonchev–Trinajstić information content (AvgIpc) is 3.58. The van der Waals surface area contributed by atoms with Crippen molar-refractivity contribution < 1.29 is 22.7 Å². The van der Waals surface area contributed by atoms with Crippen LogP contribution >= 0.6 is 0 Å². The zero-order chi connectivity index (χ0) is 33.3. The number of piperidine rings is 1. The molecule has 2 unspecified atom stereocenters. The highest BCUT2D eigenvalue weighted by molar-refractivity contribution is 5.94. The fraction of sp³-hybridized carbons (Fsp3) is 0.629. The number of alkyl halides is 3. The van der Waals surface area contributed by atoms with Gasteiger partial charge in [-0.2, -0.15) is 13.2 Å². The predicted molar refractivity (Wildman–Crippen MR) is 178 cm³/mol. The highest BCUT2D eigenvalue weighted by atomic mass is 19.4. The Labute approximate surface area is 271 Å². The van der Waals surface area contributed by atoms with E-state index in [9.17, 15) is 18.0 Å². The molecule has 1 aromatic carbocycles. The standard InChI is InChI=1S/C35H51F3N6O2/c1-34(2,3)46-33(45)27-22-40-43(24-27)19-10-8-6-5-7-9-13-26-23-42(4)20-17-30(26)41-31-15-11-16-32-29(31)21-28(14-12-18-39)44(32)25-35(36,37)38/h11,15-16,21,24,26,30,40-41H,5-10,13,17-20,22-23,25,39H2,1-4H3. The van der Waals surface area contributed by atoms with E-state index in [1.165, 1.54) is 23.8 Å². The smallest absolute Gasteiger partial charge is 0.406 e. The van der Waals surface area contributed by atoms with E-state index in [0.29, 0.717) is 29.2 Å². The van der Waals surface area contributed by atoms with Crippen LogP contribution in [0.2, 0.25) is 0 Å². The van der Waals surface area contributed by atoms with E-state index in [1.54, 1.807) is 12.1 Å². The third-order valence-corrected chi connectivity index (χ3v) is 8.55. The van der Waals surface area contributed by atoms with Gasteiger partial charge in [-0.3, -0.25) is 0 Å². The Hall–Kier alpha value is -3.20. The molecule has 46 heavy (non-hydrogen) atoms. The van der Waals surface area contributed by atoms with Crippen LogP contribution in [0.1, 0.15) is 77.8 Å². The molecule has 1 fully saturated rings. The van der Waals surface area contributed by atoms with Gasteiger partial charge in [0.25, 0.3) is 0 Å². The van der Waals surface area contributed by atoms with Crippen LogP contribution in [0, 0.1) is 17.8 Å². The fourth-order valence-electron chi connectivity index (χ4n) is 6.38. The van der Waals surface area contributed by atoms with E-state index in [0.717, 1.165) is 62.8 Å². The number of aromatic nitrogens is 1. The maximum absolute atomic E-state index is 13.5. The number of rotatable bonds is 13. The lowest BCUT2D eigenvalue weighted by molar-refractivity contribution is -0.149. The highest BCUT2D eigenvalue weighted by Gasteiger charge is 2.31. The van der Waals surface area contributed by atoms with Crippen LogP contribution < -0.4 is 16.5 Å². The van der Waals surface area contributed by atoms with Gasteiger partial charge in [-0.05, 0) is 83.7 Å². The number of esters is 1. The van der Waals surface area contributed by atoms with E-state index in [4.69, 9.17) is 10.5 Å². The van der Waals surface area contributed by atoms with Crippen molar-refractivity contribution in [2.24, 2.45) is 11.7 Å². The number of fused-ring (bicyclic) bond motifs is 1. The lowest BCUT2D eigenvalue weighted by atomic mass is 9.87. The van der Waals surface area contributed by atoms with Gasteiger partial charge in [-0.25, -0.2) is 10.2 Å². The minimum atomic E-state index is -4.36. The van der Waals surface area contributed by atoms with Gasteiger partial charge < -0.3 is 30.3 Å². The third-order valence-electron chi connectivity index (χ3n) is 8.55. The first-order valence-corrected chi connectivity index (χ1v) is 16.6. The first-order valence-electron chi connectivity index (χ1n) is 16.6. The van der Waals surface area contributed by atoms with Gasteiger partial charge in [-0.1, -0.05) is 44.1 Å². The molecule has 3 heterocycles. The fourth-order valence-corrected chi connectivity index (χ4v) is 6.38. The maximum Gasteiger partial charge on any atom is 0.406 e. The monoisotopic (exact) mass is 644 g/mol. The molecule has 0 spiro atoms. The zero-order valence-electron chi connectivity index (χ0n) is 27.8. The number of benzene rings is 1. The van der Waals surface area contributed by atoms with Gasteiger partial charge >= 0.3 is 12.1 Å². The summed E-state index contributed by atoms with van der Waals surface area (Å²) in [6.07, 6.45) is 6.48. The van der Waals surface area contributed by atoms with Crippen molar-refractivity contribution in [1.29, 1.82) is 0 Å². The predicted octanol–water partition coefficient (Wildman–Crippen LogP) is 6.02. The molecule has 2 atom stereocenters. The lowest BCUT2D eigenvalue weighted by Crippen LogP contribution is -2.44. The van der Waals surface area contributed by atoms with Crippen molar-refractivity contribution >= 4 is 22.6 Å². The summed E-state index contributed by atoms with van der Waals surface area (Å²) in [7, 11) is 2.16. The van der Waals surface area contributed by atoms with E-state index >= 15 is 0 Å². The summed E-state index contributed by atoms with van der Waals surface area (Å²) in [5.74, 6) is 5.75. The van der Waals surface area contributed by atoms with Crippen LogP contribution in [-0.4, -0.2) is 78.0 Å². The summed E-state index contributed by atoms with van der Waals surface area (Å²) in [4.78, 5) is 14.6. The van der Waals surface area contributed by atoms with Crippen molar-refractivity contribution in [3.05, 3.63) is 41.7 Å². The van der Waals surface area contributed by atoms with Crippen LogP contribution in [-0.2, 0) is 16.1 Å². The number of likely N-dealkylation sites (tertiary alicyclic amines) is 1. The SMILES string of the molecule is CN1CCC(Nc2cccc3c2cc(C#CCN)n3CC(F)(F)F)C(CCCCCCCCN2C=C(C(=O)OC(C)(C)C)CN2)C1. The lowest BCUT2D eigenvalue weighted by Gasteiger charge is -2.38. The average molecular weight is 645 g/mol. The number of carbonyl (C=O) groups excluding carboxylic acids is 1. The second kappa shape index (κ2) is 16.1. The number of halogens is 3. The summed E-state index contributed by atoms with van der Waals surface area (Å²) >= 11 is 0. The first-order chi connectivity index (χ1) is 21.8. The Bertz CT molecular complexity index is 1400. The van der Waals surface area contributed by atoms with Gasteiger partial charge in [0.2, 0.25) is 0 Å². The molecule has 2 aliphatic heterocycles. The minimum Gasteiger partial charge on any atom is -0.457 e. The van der Waals surface area contributed by atoms with Crippen LogP contribution in [0.5, 0.6) is 0 Å². The normalized spacial score (nSPS) is 19.2. The topological polar surface area (TPSA) is 87.8 Å². The second-order valence-corrected chi connectivity index (χ2v) is 13.6. The number of carbonyl (C=O) groups is 1. The van der Waals surface area contributed by atoms with Crippen molar-refractivity contribution in [3.8, 4) is 11.8 Å². The Kier molecular flexibility index (Phi) is 12.5. The van der Waals surface area contributed by atoms with Gasteiger partial charge in [0.1, 0.15) is 12.1 Å². The first kappa shape index (κ1) is 35.7. The molecule has 4 rings (SSSR count). The Balaban J connectivity index is 1.25. The van der Waals surface area contributed by atoms with Crippen LogP contribution in [0.3, 0.4) is 0 Å². The largest absolute Gasteiger partial charge is 0.457 e. The number of nitrogens with one attached hydrogen (secondary N) is 2. The van der Waals surface area contributed by atoms with Crippen LogP contribution in [0.15, 0.2) is 36.0 Å². The van der Waals surface area contributed by atoms with Gasteiger partial charge in [-0.15, -0.1) is 0 Å². The van der Waals surface area contributed by atoms with Gasteiger partial charge in [0.15, 0.2) is 0 Å². The Morgan fingerprint density at radius 2 is 1.87 bits per heavy atom. The summed E-state index contributed by atoms with van der Waals surface area (Å²) in [6.45, 7) is 7.96. The molecule has 0 aliphatic carbocycles. The van der Waals surface area contributed by atoms with Crippen molar-refractivity contribution in [3.63, 3.8) is 0 Å². The minimum absolute atomic E-state index is 0.0851. The summed E-state index contributed by atoms with van der Waals surface area (Å²) in [6, 6.07) is 7.51. The van der Waals surface area contributed by atoms with Gasteiger partial charge in [0.05, 0.1) is 23.3 Å². The summed E-state index contributed by atoms with van der Waals surface area (Å²) in [5, 5.41) is 6.48. The molecule has 0 bridgehead atoms. The summed E-state index contributed by atoms with van der Waals surface area (Å²) in [5.41, 5.74) is 10.6. The summed E-state index contributed by atoms with van der Waals surface area (Å²) < 4.78 is 47.1. The third kappa shape index (κ3) is 10.7. The number of anilines is 1. The number of ether oxygens (including phenoxy) is 1. The molecule has 254 valence electrons. The Morgan fingerprint density at radius 3 is 2.59 bits per heavy atom. The van der Waals surface area contributed by atoms with Crippen molar-refractivity contribution in [2.45, 2.75) is 96.5 Å². The maximum atomic E-state index is 13.5. The van der Waals surface area contributed by atoms with E-state index in [1.807, 2.05) is 44.1 Å². The number of unbranched alkanes of at least 4 members (excludes halogenated alkanes) is 5. The number of hydrogen-bond donors (Lipinski definition) is 3. The van der Waals surface area contributed by atoms with Crippen molar-refractivity contribution in [2.75, 3.05) is 45.1 Å². The van der Waals surface area contributed by atoms with Crippen molar-refractivity contribution in [1.82, 2.24) is 19.9 Å². The molecule has 2 aromatic rings. The molecule has 11 heteroatoms. The van der Waals surface area contributed by atoms with E-state index < -0.39 is 18.3 Å². The van der Waals surface area contributed by atoms with E-state index in [-0.39, 0.29) is 18.6 Å². The number of nitrogens with zero attached hydrogens (tertiary/aromatic N) is 3. The molecule has 8 nitrogen and oxygen atoms in total. The number of nitrogens with two attached hydrogens (primary N) is 1. The molecule has 4 N–H and O–H groups in total. The number of hydrazine groups is 1. The quantitative estimate of drug-likeness (QED) is 0.140. The highest BCUT2D eigenvalue weighted by Crippen LogP contribution is 2.33. The zero-order valence-corrected chi connectivity index (χ0v) is 27.8. The molecule has 1 saturated heterocycles. The molecule has 2 aliphatic rings. The second-order valence-electron chi connectivity index (χ2n) is 13.6. The van der Waals surface area contributed by atoms with Gasteiger partial charge in [0, 0.05) is 42.9 Å². The molecule has 0 radical (unpaired) electrons. The molecule has 0 saturated carbocycles. The molecule has 1 aromatic heterocycles. The van der Waals surface area contributed by atoms with Crippen LogP contribution in [0.4, 0.5) is 18.9 Å². The Morgan fingerprint density at radius 1 is 1.13 bits per heavy atom. The number of hydrogen-bond acceptors (Lipinski definition) is 7. The molecule has 0 amide bonds. The van der Waals surface area contributed by atoms with Crippen LogP contribution in [0.25, 0.3) is 10.9 Å². The molecular formula is C35H51F3N6O2.